The fourth-order valence-electron chi connectivity index (χ4n) is 2.06. The number of anilines is 1. The van der Waals surface area contributed by atoms with Gasteiger partial charge in [0.25, 0.3) is 0 Å². The van der Waals surface area contributed by atoms with E-state index in [1.165, 1.54) is 0 Å². The van der Waals surface area contributed by atoms with E-state index >= 15 is 0 Å². The lowest BCUT2D eigenvalue weighted by Crippen LogP contribution is -2.15. The van der Waals surface area contributed by atoms with Crippen molar-refractivity contribution in [3.63, 3.8) is 0 Å². The standard InChI is InChI=1S/C17H17NO3/c1-12-7-9-15(14(11-12)17(20)21)18-16(19)10-8-13-5-3-2-4-6-13/h2-7,9,11H,8,10H2,1H3,(H,18,19)(H,20,21). The van der Waals surface area contributed by atoms with E-state index in [4.69, 9.17) is 5.11 Å². The molecular weight excluding hydrogens is 266 g/mol. The van der Waals surface area contributed by atoms with Crippen LogP contribution in [0, 0.1) is 6.92 Å². The summed E-state index contributed by atoms with van der Waals surface area (Å²) >= 11 is 0. The van der Waals surface area contributed by atoms with E-state index in [0.717, 1.165) is 11.1 Å². The zero-order valence-corrected chi connectivity index (χ0v) is 11.8. The number of rotatable bonds is 5. The number of hydrogen-bond donors (Lipinski definition) is 2. The van der Waals surface area contributed by atoms with Crippen LogP contribution in [0.2, 0.25) is 0 Å². The number of hydrogen-bond acceptors (Lipinski definition) is 2. The molecule has 0 radical (unpaired) electrons. The number of aromatic carboxylic acids is 1. The lowest BCUT2D eigenvalue weighted by Gasteiger charge is -2.09. The Hall–Kier alpha value is -2.62. The van der Waals surface area contributed by atoms with Gasteiger partial charge in [0.15, 0.2) is 0 Å². The molecule has 108 valence electrons. The highest BCUT2D eigenvalue weighted by Crippen LogP contribution is 2.18. The molecule has 0 aliphatic carbocycles. The van der Waals surface area contributed by atoms with Crippen LogP contribution in [0.3, 0.4) is 0 Å². The minimum atomic E-state index is -1.04. The van der Waals surface area contributed by atoms with Gasteiger partial charge in [0.1, 0.15) is 0 Å². The zero-order chi connectivity index (χ0) is 15.2. The topological polar surface area (TPSA) is 66.4 Å². The summed E-state index contributed by atoms with van der Waals surface area (Å²) in [6.07, 6.45) is 0.942. The van der Waals surface area contributed by atoms with Crippen LogP contribution < -0.4 is 5.32 Å². The SMILES string of the molecule is Cc1ccc(NC(=O)CCc2ccccc2)c(C(=O)O)c1. The van der Waals surface area contributed by atoms with Crippen LogP contribution in [0.15, 0.2) is 48.5 Å². The number of carbonyl (C=O) groups is 2. The summed E-state index contributed by atoms with van der Waals surface area (Å²) in [5, 5.41) is 11.8. The second kappa shape index (κ2) is 6.70. The molecule has 2 aromatic carbocycles. The maximum absolute atomic E-state index is 11.9. The Morgan fingerprint density at radius 1 is 1.10 bits per heavy atom. The second-order valence-corrected chi connectivity index (χ2v) is 4.89. The summed E-state index contributed by atoms with van der Waals surface area (Å²) in [6.45, 7) is 1.81. The van der Waals surface area contributed by atoms with Gasteiger partial charge in [-0.3, -0.25) is 4.79 Å². The maximum atomic E-state index is 11.9. The van der Waals surface area contributed by atoms with Gasteiger partial charge in [-0.05, 0) is 31.0 Å². The monoisotopic (exact) mass is 283 g/mol. The molecule has 0 saturated carbocycles. The summed E-state index contributed by atoms with van der Waals surface area (Å²) in [6, 6.07) is 14.7. The average molecular weight is 283 g/mol. The minimum Gasteiger partial charge on any atom is -0.478 e. The van der Waals surface area contributed by atoms with Crippen LogP contribution in [-0.2, 0) is 11.2 Å². The summed E-state index contributed by atoms with van der Waals surface area (Å²) in [5.41, 5.74) is 2.37. The van der Waals surface area contributed by atoms with Crippen molar-refractivity contribution in [2.45, 2.75) is 19.8 Å². The Morgan fingerprint density at radius 2 is 1.81 bits per heavy atom. The highest BCUT2D eigenvalue weighted by atomic mass is 16.4. The Bertz CT molecular complexity index is 650. The molecule has 2 aromatic rings. The van der Waals surface area contributed by atoms with Gasteiger partial charge in [-0.15, -0.1) is 0 Å². The molecule has 0 aromatic heterocycles. The first-order valence-corrected chi connectivity index (χ1v) is 6.74. The fraction of sp³-hybridized carbons (Fsp3) is 0.176. The van der Waals surface area contributed by atoms with Crippen molar-refractivity contribution < 1.29 is 14.7 Å². The van der Waals surface area contributed by atoms with Crippen molar-refractivity contribution in [2.24, 2.45) is 0 Å². The van der Waals surface area contributed by atoms with Gasteiger partial charge in [0, 0.05) is 6.42 Å². The molecule has 21 heavy (non-hydrogen) atoms. The predicted molar refractivity (Wildman–Crippen MR) is 81.5 cm³/mol. The average Bonchev–Trinajstić information content (AvgIpc) is 2.48. The van der Waals surface area contributed by atoms with E-state index < -0.39 is 5.97 Å². The summed E-state index contributed by atoms with van der Waals surface area (Å²) < 4.78 is 0. The molecule has 0 unspecified atom stereocenters. The number of carbonyl (C=O) groups excluding carboxylic acids is 1. The Balaban J connectivity index is 2.01. The first-order valence-electron chi connectivity index (χ1n) is 6.74. The van der Waals surface area contributed by atoms with Crippen LogP contribution >= 0.6 is 0 Å². The summed E-state index contributed by atoms with van der Waals surface area (Å²) in [4.78, 5) is 23.1. The van der Waals surface area contributed by atoms with Gasteiger partial charge >= 0.3 is 5.97 Å². The number of amides is 1. The predicted octanol–water partition coefficient (Wildman–Crippen LogP) is 3.26. The largest absolute Gasteiger partial charge is 0.478 e. The summed E-state index contributed by atoms with van der Waals surface area (Å²) in [5.74, 6) is -1.23. The van der Waals surface area contributed by atoms with Gasteiger partial charge < -0.3 is 10.4 Å². The van der Waals surface area contributed by atoms with Crippen LogP contribution in [-0.4, -0.2) is 17.0 Å². The molecule has 0 spiro atoms. The second-order valence-electron chi connectivity index (χ2n) is 4.89. The quantitative estimate of drug-likeness (QED) is 0.885. The van der Waals surface area contributed by atoms with Crippen LogP contribution in [0.1, 0.15) is 27.9 Å². The third-order valence-electron chi connectivity index (χ3n) is 3.16. The van der Waals surface area contributed by atoms with E-state index in [-0.39, 0.29) is 11.5 Å². The van der Waals surface area contributed by atoms with E-state index in [1.807, 2.05) is 37.3 Å². The van der Waals surface area contributed by atoms with Crippen molar-refractivity contribution in [1.29, 1.82) is 0 Å². The third kappa shape index (κ3) is 4.18. The molecule has 0 atom stereocenters. The van der Waals surface area contributed by atoms with E-state index in [2.05, 4.69) is 5.32 Å². The molecule has 0 aliphatic rings. The first-order chi connectivity index (χ1) is 10.1. The van der Waals surface area contributed by atoms with Gasteiger partial charge in [-0.25, -0.2) is 4.79 Å². The Morgan fingerprint density at radius 3 is 2.48 bits per heavy atom. The maximum Gasteiger partial charge on any atom is 0.337 e. The van der Waals surface area contributed by atoms with Gasteiger partial charge in [-0.1, -0.05) is 42.0 Å². The molecular formula is C17H17NO3. The molecule has 1 amide bonds. The molecule has 2 rings (SSSR count). The molecule has 0 saturated heterocycles. The summed E-state index contributed by atoms with van der Waals surface area (Å²) in [7, 11) is 0. The highest BCUT2D eigenvalue weighted by Gasteiger charge is 2.12. The Kier molecular flexibility index (Phi) is 4.72. The number of benzene rings is 2. The molecule has 0 aliphatic heterocycles. The smallest absolute Gasteiger partial charge is 0.337 e. The van der Waals surface area contributed by atoms with Crippen LogP contribution in [0.4, 0.5) is 5.69 Å². The lowest BCUT2D eigenvalue weighted by molar-refractivity contribution is -0.116. The van der Waals surface area contributed by atoms with Crippen molar-refractivity contribution >= 4 is 17.6 Å². The number of carboxylic acid groups (broad SMARTS) is 1. The van der Waals surface area contributed by atoms with Gasteiger partial charge in [0.05, 0.1) is 11.3 Å². The molecule has 0 fully saturated rings. The molecule has 2 N–H and O–H groups in total. The van der Waals surface area contributed by atoms with Crippen molar-refractivity contribution in [3.05, 3.63) is 65.2 Å². The molecule has 0 bridgehead atoms. The van der Waals surface area contributed by atoms with Gasteiger partial charge in [0.2, 0.25) is 5.91 Å². The van der Waals surface area contributed by atoms with E-state index in [9.17, 15) is 9.59 Å². The van der Waals surface area contributed by atoms with Crippen LogP contribution in [0.25, 0.3) is 0 Å². The minimum absolute atomic E-state index is 0.114. The fourth-order valence-corrected chi connectivity index (χ4v) is 2.06. The molecule has 4 nitrogen and oxygen atoms in total. The number of aryl methyl sites for hydroxylation is 2. The highest BCUT2D eigenvalue weighted by molar-refractivity contribution is 6.00. The lowest BCUT2D eigenvalue weighted by atomic mass is 10.1. The molecule has 0 heterocycles. The third-order valence-corrected chi connectivity index (χ3v) is 3.16. The van der Waals surface area contributed by atoms with Crippen molar-refractivity contribution in [3.8, 4) is 0 Å². The first kappa shape index (κ1) is 14.8. The number of nitrogens with one attached hydrogen (secondary N) is 1. The van der Waals surface area contributed by atoms with Gasteiger partial charge in [-0.2, -0.15) is 0 Å². The Labute approximate surface area is 123 Å². The van der Waals surface area contributed by atoms with Crippen molar-refractivity contribution in [1.82, 2.24) is 0 Å². The number of carboxylic acids is 1. The van der Waals surface area contributed by atoms with E-state index in [1.54, 1.807) is 18.2 Å². The van der Waals surface area contributed by atoms with Crippen molar-refractivity contribution in [2.75, 3.05) is 5.32 Å². The van der Waals surface area contributed by atoms with Crippen LogP contribution in [0.5, 0.6) is 0 Å². The normalized spacial score (nSPS) is 10.1. The zero-order valence-electron chi connectivity index (χ0n) is 11.8. The molecule has 4 heteroatoms. The van der Waals surface area contributed by atoms with E-state index in [0.29, 0.717) is 18.5 Å².